The lowest BCUT2D eigenvalue weighted by Crippen LogP contribution is -2.67. The van der Waals surface area contributed by atoms with Gasteiger partial charge < -0.3 is 15.2 Å². The van der Waals surface area contributed by atoms with E-state index < -0.39 is 0 Å². The Bertz CT molecular complexity index is 681. The van der Waals surface area contributed by atoms with Gasteiger partial charge in [-0.2, -0.15) is 0 Å². The van der Waals surface area contributed by atoms with Crippen molar-refractivity contribution in [3.63, 3.8) is 0 Å². The molecular weight excluding hydrogens is 338 g/mol. The molecule has 6 fully saturated rings. The molecule has 6 aliphatic rings. The number of hydrogen-bond acceptors (Lipinski definition) is 3. The predicted octanol–water partition coefficient (Wildman–Crippen LogP) is 3.62. The van der Waals surface area contributed by atoms with Gasteiger partial charge in [0.25, 0.3) is 0 Å². The van der Waals surface area contributed by atoms with E-state index in [1.807, 2.05) is 0 Å². The van der Waals surface area contributed by atoms with E-state index in [1.165, 1.54) is 44.9 Å². The third-order valence-electron chi connectivity index (χ3n) is 10.8. The molecule has 0 aromatic rings. The second-order valence-electron chi connectivity index (χ2n) is 11.4. The molecule has 1 unspecified atom stereocenters. The summed E-state index contributed by atoms with van der Waals surface area (Å²) < 4.78 is 7.00. The van der Waals surface area contributed by atoms with Gasteiger partial charge in [0.2, 0.25) is 5.91 Å². The summed E-state index contributed by atoms with van der Waals surface area (Å²) in [5.74, 6) is 3.28. The lowest BCUT2D eigenvalue weighted by atomic mass is 9.42. The Hall–Kier alpha value is -0.610. The Morgan fingerprint density at radius 3 is 2.67 bits per heavy atom. The predicted molar refractivity (Wildman–Crippen MR) is 102 cm³/mol. The van der Waals surface area contributed by atoms with Crippen molar-refractivity contribution >= 4 is 5.91 Å². The van der Waals surface area contributed by atoms with E-state index in [4.69, 9.17) is 4.74 Å². The maximum atomic E-state index is 12.1. The Labute approximate surface area is 162 Å². The minimum atomic E-state index is -0.0807. The summed E-state index contributed by atoms with van der Waals surface area (Å²) in [6.45, 7) is 5.05. The van der Waals surface area contributed by atoms with E-state index in [2.05, 4.69) is 19.2 Å². The molecule has 6 rings (SSSR count). The Balaban J connectivity index is 1.39. The highest BCUT2D eigenvalue weighted by atomic mass is 16.5. The minimum absolute atomic E-state index is 0.0244. The normalized spacial score (nSPS) is 61.4. The molecule has 0 radical (unpaired) electrons. The number of ether oxygens (including phenoxy) is 1. The number of aliphatic hydroxyl groups excluding tert-OH is 1. The summed E-state index contributed by atoms with van der Waals surface area (Å²) in [5.41, 5.74) is 0.595. The van der Waals surface area contributed by atoms with Crippen molar-refractivity contribution in [2.45, 2.75) is 96.0 Å². The average Bonchev–Trinajstić information content (AvgIpc) is 3.08. The van der Waals surface area contributed by atoms with Crippen LogP contribution in [0.4, 0.5) is 0 Å². The van der Waals surface area contributed by atoms with Gasteiger partial charge in [0, 0.05) is 17.8 Å². The lowest BCUT2D eigenvalue weighted by molar-refractivity contribution is -0.288. The van der Waals surface area contributed by atoms with Gasteiger partial charge in [0.05, 0.1) is 11.7 Å². The van der Waals surface area contributed by atoms with Crippen LogP contribution in [0.5, 0.6) is 0 Å². The molecular formula is C23H35NO3. The van der Waals surface area contributed by atoms with E-state index in [1.54, 1.807) is 0 Å². The molecule has 2 saturated heterocycles. The second-order valence-corrected chi connectivity index (χ2v) is 11.4. The van der Waals surface area contributed by atoms with Crippen molar-refractivity contribution < 1.29 is 14.6 Å². The number of aliphatic hydroxyl groups is 1. The molecule has 1 amide bonds. The van der Waals surface area contributed by atoms with Gasteiger partial charge in [-0.15, -0.1) is 0 Å². The molecule has 150 valence electrons. The molecule has 0 spiro atoms. The maximum Gasteiger partial charge on any atom is 0.222 e. The largest absolute Gasteiger partial charge is 0.393 e. The van der Waals surface area contributed by atoms with E-state index in [0.717, 1.165) is 18.8 Å². The standard InChI is InChI=1S/C23H35NO3/c1-21-8-5-14(25)11-13(21)3-4-18-17(21)6-9-22(2)16-7-10-23(18,22)27-20-15(16)12-19(26)24-20/h13-18,20,25H,3-12H2,1-2H3,(H,24,26)/t13-,14+,15-,16+,17-,18+,20-,21-,22?,23+/m0/s1. The first-order valence-electron chi connectivity index (χ1n) is 11.5. The number of nitrogens with one attached hydrogen (secondary N) is 1. The van der Waals surface area contributed by atoms with Gasteiger partial charge in [0.15, 0.2) is 0 Å². The fourth-order valence-corrected chi connectivity index (χ4v) is 9.52. The highest BCUT2D eigenvalue weighted by Gasteiger charge is 2.73. The Morgan fingerprint density at radius 1 is 1.00 bits per heavy atom. The molecule has 0 aromatic heterocycles. The van der Waals surface area contributed by atoms with Crippen LogP contribution in [0.1, 0.15) is 78.1 Å². The van der Waals surface area contributed by atoms with Crippen molar-refractivity contribution in [3.8, 4) is 0 Å². The lowest BCUT2D eigenvalue weighted by Gasteiger charge is -2.67. The van der Waals surface area contributed by atoms with Crippen LogP contribution in [0.2, 0.25) is 0 Å². The van der Waals surface area contributed by atoms with Crippen LogP contribution < -0.4 is 5.32 Å². The molecule has 10 atom stereocenters. The Morgan fingerprint density at radius 2 is 1.81 bits per heavy atom. The summed E-state index contributed by atoms with van der Waals surface area (Å²) in [6, 6.07) is 0. The molecule has 2 aliphatic heterocycles. The van der Waals surface area contributed by atoms with E-state index >= 15 is 0 Å². The van der Waals surface area contributed by atoms with Gasteiger partial charge in [-0.3, -0.25) is 4.79 Å². The van der Waals surface area contributed by atoms with Gasteiger partial charge in [0.1, 0.15) is 6.23 Å². The number of fused-ring (bicyclic) bond motifs is 5. The molecule has 2 heterocycles. The van der Waals surface area contributed by atoms with Crippen molar-refractivity contribution in [3.05, 3.63) is 0 Å². The summed E-state index contributed by atoms with van der Waals surface area (Å²) in [5, 5.41) is 13.4. The number of hydrogen-bond donors (Lipinski definition) is 2. The molecule has 2 bridgehead atoms. The van der Waals surface area contributed by atoms with Crippen LogP contribution in [-0.4, -0.2) is 28.9 Å². The summed E-state index contributed by atoms with van der Waals surface area (Å²) >= 11 is 0. The zero-order valence-electron chi connectivity index (χ0n) is 16.9. The molecule has 2 N–H and O–H groups in total. The van der Waals surface area contributed by atoms with Gasteiger partial charge in [-0.1, -0.05) is 13.8 Å². The monoisotopic (exact) mass is 373 g/mol. The topological polar surface area (TPSA) is 58.6 Å². The summed E-state index contributed by atoms with van der Waals surface area (Å²) in [6.07, 6.45) is 11.3. The highest BCUT2D eigenvalue weighted by Crippen LogP contribution is 2.73. The number of carbonyl (C=O) groups is 1. The Kier molecular flexibility index (Phi) is 3.39. The molecule has 0 aromatic carbocycles. The third kappa shape index (κ3) is 1.95. The number of rotatable bonds is 0. The van der Waals surface area contributed by atoms with E-state index in [-0.39, 0.29) is 29.3 Å². The quantitative estimate of drug-likeness (QED) is 0.682. The van der Waals surface area contributed by atoms with Crippen molar-refractivity contribution in [1.29, 1.82) is 0 Å². The van der Waals surface area contributed by atoms with E-state index in [0.29, 0.717) is 35.5 Å². The van der Waals surface area contributed by atoms with Gasteiger partial charge in [-0.05, 0) is 86.9 Å². The third-order valence-corrected chi connectivity index (χ3v) is 10.8. The second kappa shape index (κ2) is 5.30. The molecule has 4 aliphatic carbocycles. The first-order valence-corrected chi connectivity index (χ1v) is 11.5. The van der Waals surface area contributed by atoms with E-state index in [9.17, 15) is 9.90 Å². The molecule has 4 saturated carbocycles. The summed E-state index contributed by atoms with van der Waals surface area (Å²) in [4.78, 5) is 12.1. The first-order chi connectivity index (χ1) is 12.9. The van der Waals surface area contributed by atoms with Crippen LogP contribution in [0.15, 0.2) is 0 Å². The fourth-order valence-electron chi connectivity index (χ4n) is 9.52. The first kappa shape index (κ1) is 17.3. The van der Waals surface area contributed by atoms with Crippen molar-refractivity contribution in [2.75, 3.05) is 0 Å². The number of amides is 1. The average molecular weight is 374 g/mol. The minimum Gasteiger partial charge on any atom is -0.393 e. The van der Waals surface area contributed by atoms with Crippen LogP contribution in [-0.2, 0) is 9.53 Å². The summed E-state index contributed by atoms with van der Waals surface area (Å²) in [7, 11) is 0. The fraction of sp³-hybridized carbons (Fsp3) is 0.957. The highest BCUT2D eigenvalue weighted by molar-refractivity contribution is 5.79. The van der Waals surface area contributed by atoms with Gasteiger partial charge in [-0.25, -0.2) is 0 Å². The van der Waals surface area contributed by atoms with Crippen LogP contribution in [0, 0.1) is 40.4 Å². The SMILES string of the molecule is CC12CC[C@H]3[C@@H](CC[C@H]4C[C@H](O)CC[C@@]43C)[C@]13CC[C@@H]2[C@@H]1CC(=O)N[C@H]1O3. The molecule has 4 nitrogen and oxygen atoms in total. The maximum absolute atomic E-state index is 12.1. The van der Waals surface area contributed by atoms with Crippen LogP contribution >= 0.6 is 0 Å². The van der Waals surface area contributed by atoms with Crippen molar-refractivity contribution in [2.24, 2.45) is 40.4 Å². The molecule has 4 heteroatoms. The smallest absolute Gasteiger partial charge is 0.222 e. The zero-order chi connectivity index (χ0) is 18.6. The zero-order valence-corrected chi connectivity index (χ0v) is 16.9. The molecule has 27 heavy (non-hydrogen) atoms. The van der Waals surface area contributed by atoms with Gasteiger partial charge >= 0.3 is 0 Å². The van der Waals surface area contributed by atoms with Crippen LogP contribution in [0.3, 0.4) is 0 Å². The van der Waals surface area contributed by atoms with Crippen molar-refractivity contribution in [1.82, 2.24) is 5.32 Å². The van der Waals surface area contributed by atoms with Crippen LogP contribution in [0.25, 0.3) is 0 Å². The number of carbonyl (C=O) groups excluding carboxylic acids is 1.